The Kier molecular flexibility index (Phi) is 4.06. The first-order chi connectivity index (χ1) is 9.93. The van der Waals surface area contributed by atoms with Gasteiger partial charge in [-0.25, -0.2) is 4.79 Å². The largest absolute Gasteiger partial charge is 0.493 e. The zero-order valence-electron chi connectivity index (χ0n) is 12.3. The summed E-state index contributed by atoms with van der Waals surface area (Å²) in [5.41, 5.74) is -1.00. The summed E-state index contributed by atoms with van der Waals surface area (Å²) in [5.74, 6) is -0.826. The molecule has 1 amide bonds. The quantitative estimate of drug-likeness (QED) is 0.833. The molecule has 1 aliphatic rings. The summed E-state index contributed by atoms with van der Waals surface area (Å²) in [4.78, 5) is 23.9. The van der Waals surface area contributed by atoms with Gasteiger partial charge in [0.25, 0.3) is 5.91 Å². The number of ether oxygens (including phenoxy) is 2. The van der Waals surface area contributed by atoms with Crippen molar-refractivity contribution in [2.75, 3.05) is 14.2 Å². The third-order valence-electron chi connectivity index (χ3n) is 3.86. The number of carbonyl (C=O) groups is 2. The van der Waals surface area contributed by atoms with E-state index in [1.54, 1.807) is 18.2 Å². The zero-order valence-corrected chi connectivity index (χ0v) is 12.3. The number of methoxy groups -OCH3 is 2. The van der Waals surface area contributed by atoms with Crippen molar-refractivity contribution in [1.29, 1.82) is 0 Å². The molecule has 0 saturated heterocycles. The molecule has 0 aliphatic heterocycles. The normalized spacial score (nSPS) is 16.7. The minimum atomic E-state index is -1.26. The lowest BCUT2D eigenvalue weighted by Gasteiger charge is -2.26. The van der Waals surface area contributed by atoms with E-state index in [0.717, 1.165) is 12.8 Å². The topological polar surface area (TPSA) is 84.9 Å². The number of nitrogens with one attached hydrogen (secondary N) is 1. The van der Waals surface area contributed by atoms with E-state index in [-0.39, 0.29) is 11.5 Å². The molecular weight excluding hydrogens is 274 g/mol. The molecule has 0 unspecified atom stereocenters. The Bertz CT molecular complexity index is 567. The van der Waals surface area contributed by atoms with E-state index in [1.165, 1.54) is 21.1 Å². The van der Waals surface area contributed by atoms with Gasteiger partial charge in [-0.1, -0.05) is 6.07 Å². The highest BCUT2D eigenvalue weighted by atomic mass is 16.5. The number of para-hydroxylation sites is 1. The van der Waals surface area contributed by atoms with Crippen LogP contribution < -0.4 is 14.8 Å². The van der Waals surface area contributed by atoms with Crippen molar-refractivity contribution in [1.82, 2.24) is 5.32 Å². The van der Waals surface area contributed by atoms with E-state index in [4.69, 9.17) is 9.47 Å². The van der Waals surface area contributed by atoms with E-state index < -0.39 is 17.4 Å². The number of carboxylic acid groups (broad SMARTS) is 1. The summed E-state index contributed by atoms with van der Waals surface area (Å²) in [6, 6.07) is 4.91. The second-order valence-corrected chi connectivity index (χ2v) is 5.28. The molecule has 0 bridgehead atoms. The van der Waals surface area contributed by atoms with Crippen molar-refractivity contribution in [3.8, 4) is 11.5 Å². The van der Waals surface area contributed by atoms with E-state index in [0.29, 0.717) is 11.5 Å². The molecule has 0 aromatic heterocycles. The molecule has 1 saturated carbocycles. The Balaban J connectivity index is 2.30. The Morgan fingerprint density at radius 1 is 1.29 bits per heavy atom. The fourth-order valence-corrected chi connectivity index (χ4v) is 2.36. The van der Waals surface area contributed by atoms with Crippen LogP contribution in [0.3, 0.4) is 0 Å². The fraction of sp³-hybridized carbons (Fsp3) is 0.467. The van der Waals surface area contributed by atoms with E-state index in [9.17, 15) is 14.7 Å². The van der Waals surface area contributed by atoms with Gasteiger partial charge in [0.1, 0.15) is 5.54 Å². The molecule has 6 heteroatoms. The highest BCUT2D eigenvalue weighted by molar-refractivity contribution is 6.00. The number of carbonyl (C=O) groups excluding carboxylic acids is 1. The first kappa shape index (κ1) is 15.2. The molecule has 1 aromatic carbocycles. The maximum Gasteiger partial charge on any atom is 0.329 e. The molecule has 114 valence electrons. The summed E-state index contributed by atoms with van der Waals surface area (Å²) in [7, 11) is 2.91. The van der Waals surface area contributed by atoms with Crippen LogP contribution in [0.1, 0.15) is 30.1 Å². The Morgan fingerprint density at radius 2 is 1.95 bits per heavy atom. The molecule has 21 heavy (non-hydrogen) atoms. The van der Waals surface area contributed by atoms with Crippen LogP contribution in [0.2, 0.25) is 0 Å². The average molecular weight is 293 g/mol. The van der Waals surface area contributed by atoms with Crippen LogP contribution in [-0.4, -0.2) is 36.7 Å². The van der Waals surface area contributed by atoms with Crippen molar-refractivity contribution in [3.63, 3.8) is 0 Å². The minimum absolute atomic E-state index is 0.0319. The highest BCUT2D eigenvalue weighted by Crippen LogP contribution is 2.40. The number of rotatable bonds is 6. The van der Waals surface area contributed by atoms with Gasteiger partial charge in [-0.2, -0.15) is 0 Å². The summed E-state index contributed by atoms with van der Waals surface area (Å²) in [6.45, 7) is 1.54. The Labute approximate surface area is 123 Å². The Morgan fingerprint density at radius 3 is 2.43 bits per heavy atom. The summed E-state index contributed by atoms with van der Waals surface area (Å²) in [6.07, 6.45) is 1.61. The van der Waals surface area contributed by atoms with Gasteiger partial charge in [-0.15, -0.1) is 0 Å². The highest BCUT2D eigenvalue weighted by Gasteiger charge is 2.48. The second-order valence-electron chi connectivity index (χ2n) is 5.28. The lowest BCUT2D eigenvalue weighted by molar-refractivity contribution is -0.144. The summed E-state index contributed by atoms with van der Waals surface area (Å²) in [5, 5.41) is 12.0. The van der Waals surface area contributed by atoms with Crippen LogP contribution in [0, 0.1) is 5.92 Å². The van der Waals surface area contributed by atoms with Gasteiger partial charge in [-0.05, 0) is 37.8 Å². The first-order valence-electron chi connectivity index (χ1n) is 6.71. The standard InChI is InChI=1S/C15H19NO5/c1-15(14(18)19,9-7-8-9)16-13(17)10-5-4-6-11(20-2)12(10)21-3/h4-6,9H,7-8H2,1-3H3,(H,16,17)(H,18,19)/t15-/m0/s1. The van der Waals surface area contributed by atoms with E-state index in [2.05, 4.69) is 5.32 Å². The molecule has 0 spiro atoms. The Hall–Kier alpha value is -2.24. The van der Waals surface area contributed by atoms with Crippen LogP contribution in [0.25, 0.3) is 0 Å². The van der Waals surface area contributed by atoms with Gasteiger partial charge in [0, 0.05) is 0 Å². The third-order valence-corrected chi connectivity index (χ3v) is 3.86. The van der Waals surface area contributed by atoms with Gasteiger partial charge >= 0.3 is 5.97 Å². The van der Waals surface area contributed by atoms with Gasteiger partial charge in [0.05, 0.1) is 19.8 Å². The van der Waals surface area contributed by atoms with E-state index >= 15 is 0 Å². The first-order valence-corrected chi connectivity index (χ1v) is 6.71. The number of hydrogen-bond donors (Lipinski definition) is 2. The van der Waals surface area contributed by atoms with Gasteiger partial charge in [0.15, 0.2) is 11.5 Å². The average Bonchev–Trinajstić information content (AvgIpc) is 3.30. The molecule has 0 heterocycles. The molecule has 2 N–H and O–H groups in total. The molecule has 1 fully saturated rings. The summed E-state index contributed by atoms with van der Waals surface area (Å²) >= 11 is 0. The van der Waals surface area contributed by atoms with Crippen molar-refractivity contribution in [3.05, 3.63) is 23.8 Å². The zero-order chi connectivity index (χ0) is 15.6. The minimum Gasteiger partial charge on any atom is -0.493 e. The predicted octanol–water partition coefficient (Wildman–Crippen LogP) is 1.69. The molecule has 2 rings (SSSR count). The maximum absolute atomic E-state index is 12.4. The van der Waals surface area contributed by atoms with Gasteiger partial charge in [-0.3, -0.25) is 4.79 Å². The number of aliphatic carboxylic acids is 1. The number of carboxylic acids is 1. The van der Waals surface area contributed by atoms with Crippen molar-refractivity contribution in [2.45, 2.75) is 25.3 Å². The SMILES string of the molecule is COc1cccc(C(=O)N[C@](C)(C(=O)O)C2CC2)c1OC. The van der Waals surface area contributed by atoms with Crippen LogP contribution in [0.5, 0.6) is 11.5 Å². The van der Waals surface area contributed by atoms with Gasteiger partial charge < -0.3 is 19.9 Å². The smallest absolute Gasteiger partial charge is 0.329 e. The molecule has 1 aliphatic carbocycles. The molecule has 0 radical (unpaired) electrons. The maximum atomic E-state index is 12.4. The van der Waals surface area contributed by atoms with Crippen LogP contribution in [0.15, 0.2) is 18.2 Å². The lowest BCUT2D eigenvalue weighted by Crippen LogP contribution is -2.54. The van der Waals surface area contributed by atoms with Crippen LogP contribution in [0.4, 0.5) is 0 Å². The van der Waals surface area contributed by atoms with Crippen LogP contribution in [-0.2, 0) is 4.79 Å². The van der Waals surface area contributed by atoms with Gasteiger partial charge in [0.2, 0.25) is 0 Å². The van der Waals surface area contributed by atoms with Crippen molar-refractivity contribution in [2.24, 2.45) is 5.92 Å². The number of hydrogen-bond acceptors (Lipinski definition) is 4. The van der Waals surface area contributed by atoms with Crippen molar-refractivity contribution >= 4 is 11.9 Å². The monoisotopic (exact) mass is 293 g/mol. The van der Waals surface area contributed by atoms with E-state index in [1.807, 2.05) is 0 Å². The van der Waals surface area contributed by atoms with Crippen LogP contribution >= 0.6 is 0 Å². The lowest BCUT2D eigenvalue weighted by atomic mass is 9.95. The third kappa shape index (κ3) is 2.79. The second kappa shape index (κ2) is 5.63. The predicted molar refractivity (Wildman–Crippen MR) is 75.8 cm³/mol. The fourth-order valence-electron chi connectivity index (χ4n) is 2.36. The molecule has 1 atom stereocenters. The number of benzene rings is 1. The number of amides is 1. The van der Waals surface area contributed by atoms with Crippen molar-refractivity contribution < 1.29 is 24.2 Å². The molecule has 6 nitrogen and oxygen atoms in total. The summed E-state index contributed by atoms with van der Waals surface area (Å²) < 4.78 is 10.3. The molecular formula is C15H19NO5. The molecule has 1 aromatic rings.